The molecule has 2 heterocycles. The summed E-state index contributed by atoms with van der Waals surface area (Å²) in [5, 5.41) is 6.38. The van der Waals surface area contributed by atoms with Crippen molar-refractivity contribution < 1.29 is 14.3 Å². The van der Waals surface area contributed by atoms with E-state index in [-0.39, 0.29) is 12.1 Å². The van der Waals surface area contributed by atoms with Crippen molar-refractivity contribution in [3.8, 4) is 5.75 Å². The minimum absolute atomic E-state index is 0.0649. The summed E-state index contributed by atoms with van der Waals surface area (Å²) >= 11 is 0. The van der Waals surface area contributed by atoms with E-state index in [2.05, 4.69) is 15.5 Å². The van der Waals surface area contributed by atoms with E-state index in [0.717, 1.165) is 76.5 Å². The van der Waals surface area contributed by atoms with Gasteiger partial charge in [-0.2, -0.15) is 0 Å². The number of carbonyl (C=O) groups is 1. The van der Waals surface area contributed by atoms with Crippen molar-refractivity contribution in [1.82, 2.24) is 15.1 Å². The van der Waals surface area contributed by atoms with Crippen molar-refractivity contribution in [2.45, 2.75) is 25.4 Å². The molecule has 150 valence electrons. The molecule has 7 nitrogen and oxygen atoms in total. The Morgan fingerprint density at radius 1 is 1.19 bits per heavy atom. The predicted octanol–water partition coefficient (Wildman–Crippen LogP) is 2.00. The third-order valence-electron chi connectivity index (χ3n) is 5.30. The molecule has 0 aromatic heterocycles. The van der Waals surface area contributed by atoms with Crippen molar-refractivity contribution in [3.05, 3.63) is 24.3 Å². The number of rotatable bonds is 6. The first-order valence-electron chi connectivity index (χ1n) is 10.00. The van der Waals surface area contributed by atoms with Crippen LogP contribution in [0.1, 0.15) is 19.3 Å². The van der Waals surface area contributed by atoms with E-state index in [1.54, 1.807) is 7.11 Å². The molecule has 1 aromatic rings. The maximum atomic E-state index is 12.7. The highest BCUT2D eigenvalue weighted by Gasteiger charge is 2.21. The number of anilines is 1. The predicted molar refractivity (Wildman–Crippen MR) is 106 cm³/mol. The number of para-hydroxylation sites is 2. The second kappa shape index (κ2) is 10.5. The molecule has 2 aliphatic rings. The summed E-state index contributed by atoms with van der Waals surface area (Å²) in [5.41, 5.74) is 0.732. The highest BCUT2D eigenvalue weighted by Crippen LogP contribution is 2.24. The Morgan fingerprint density at radius 2 is 2.00 bits per heavy atom. The minimum Gasteiger partial charge on any atom is -0.490 e. The van der Waals surface area contributed by atoms with Crippen LogP contribution in [0.15, 0.2) is 24.3 Å². The first kappa shape index (κ1) is 19.9. The summed E-state index contributed by atoms with van der Waals surface area (Å²) in [6.07, 6.45) is 3.11. The number of nitrogens with one attached hydrogen (secondary N) is 2. The lowest BCUT2D eigenvalue weighted by Gasteiger charge is -2.27. The van der Waals surface area contributed by atoms with Crippen LogP contribution in [0, 0.1) is 0 Å². The topological polar surface area (TPSA) is 66.1 Å². The Kier molecular flexibility index (Phi) is 7.74. The maximum absolute atomic E-state index is 12.7. The number of urea groups is 1. The van der Waals surface area contributed by atoms with Crippen LogP contribution in [0.4, 0.5) is 10.5 Å². The highest BCUT2D eigenvalue weighted by atomic mass is 16.5. The minimum atomic E-state index is -0.0649. The van der Waals surface area contributed by atoms with Gasteiger partial charge in [-0.25, -0.2) is 4.79 Å². The van der Waals surface area contributed by atoms with Crippen molar-refractivity contribution in [1.29, 1.82) is 0 Å². The second-order valence-corrected chi connectivity index (χ2v) is 7.14. The maximum Gasteiger partial charge on any atom is 0.321 e. The van der Waals surface area contributed by atoms with Gasteiger partial charge in [0.2, 0.25) is 0 Å². The first-order valence-corrected chi connectivity index (χ1v) is 10.00. The molecule has 2 fully saturated rings. The Balaban J connectivity index is 1.51. The standard InChI is InChI=1S/C20H32N4O3/c1-26-17-5-4-11-24(12-8-17)20(25)22-18-6-2-3-7-19(18)27-16-15-23-13-9-21-10-14-23/h2-3,6-7,17,21H,4-5,8-16H2,1H3,(H,22,25). The van der Waals surface area contributed by atoms with Crippen LogP contribution in [0.2, 0.25) is 0 Å². The molecule has 2 saturated heterocycles. The summed E-state index contributed by atoms with van der Waals surface area (Å²) in [6, 6.07) is 7.60. The van der Waals surface area contributed by atoms with Crippen LogP contribution < -0.4 is 15.4 Å². The molecule has 0 saturated carbocycles. The van der Waals surface area contributed by atoms with Gasteiger partial charge in [0.05, 0.1) is 11.8 Å². The van der Waals surface area contributed by atoms with Gasteiger partial charge in [0, 0.05) is 52.9 Å². The molecule has 3 rings (SSSR count). The first-order chi connectivity index (χ1) is 13.3. The molecule has 1 aromatic carbocycles. The molecule has 7 heteroatoms. The van der Waals surface area contributed by atoms with Gasteiger partial charge in [-0.3, -0.25) is 4.90 Å². The third-order valence-corrected chi connectivity index (χ3v) is 5.30. The molecule has 2 N–H and O–H groups in total. The van der Waals surface area contributed by atoms with Crippen LogP contribution >= 0.6 is 0 Å². The number of benzene rings is 1. The van der Waals surface area contributed by atoms with Gasteiger partial charge in [0.1, 0.15) is 12.4 Å². The quantitative estimate of drug-likeness (QED) is 0.795. The Bertz CT molecular complexity index is 592. The Morgan fingerprint density at radius 3 is 2.81 bits per heavy atom. The largest absolute Gasteiger partial charge is 0.490 e. The SMILES string of the molecule is COC1CCCN(C(=O)Nc2ccccc2OCCN2CCNCC2)CC1. The lowest BCUT2D eigenvalue weighted by atomic mass is 10.2. The average molecular weight is 377 g/mol. The zero-order valence-electron chi connectivity index (χ0n) is 16.3. The fraction of sp³-hybridized carbons (Fsp3) is 0.650. The number of methoxy groups -OCH3 is 1. The summed E-state index contributed by atoms with van der Waals surface area (Å²) in [4.78, 5) is 17.0. The fourth-order valence-electron chi connectivity index (χ4n) is 3.61. The van der Waals surface area contributed by atoms with E-state index >= 15 is 0 Å². The number of carbonyl (C=O) groups excluding carboxylic acids is 1. The summed E-state index contributed by atoms with van der Waals surface area (Å²) in [6.45, 7) is 7.17. The van der Waals surface area contributed by atoms with Crippen molar-refractivity contribution in [3.63, 3.8) is 0 Å². The molecule has 1 unspecified atom stereocenters. The average Bonchev–Trinajstić information content (AvgIpc) is 2.96. The molecule has 0 radical (unpaired) electrons. The molecule has 1 atom stereocenters. The molecule has 0 bridgehead atoms. The van der Waals surface area contributed by atoms with Crippen molar-refractivity contribution >= 4 is 11.7 Å². The molecule has 0 spiro atoms. The third kappa shape index (κ3) is 6.09. The molecule has 27 heavy (non-hydrogen) atoms. The van der Waals surface area contributed by atoms with Crippen LogP contribution in [0.3, 0.4) is 0 Å². The number of amides is 2. The number of nitrogens with zero attached hydrogens (tertiary/aromatic N) is 2. The van der Waals surface area contributed by atoms with Gasteiger partial charge in [0.15, 0.2) is 0 Å². The number of likely N-dealkylation sites (tertiary alicyclic amines) is 1. The van der Waals surface area contributed by atoms with Gasteiger partial charge in [-0.15, -0.1) is 0 Å². The second-order valence-electron chi connectivity index (χ2n) is 7.14. The Labute approximate surface area is 162 Å². The van der Waals surface area contributed by atoms with Gasteiger partial charge < -0.3 is 25.0 Å². The van der Waals surface area contributed by atoms with Crippen molar-refractivity contribution in [2.75, 3.05) is 64.8 Å². The van der Waals surface area contributed by atoms with E-state index in [4.69, 9.17) is 9.47 Å². The van der Waals surface area contributed by atoms with Crippen LogP contribution in [-0.2, 0) is 4.74 Å². The summed E-state index contributed by atoms with van der Waals surface area (Å²) < 4.78 is 11.4. The van der Waals surface area contributed by atoms with E-state index in [1.807, 2.05) is 29.2 Å². The van der Waals surface area contributed by atoms with E-state index < -0.39 is 0 Å². The van der Waals surface area contributed by atoms with Gasteiger partial charge in [-0.1, -0.05) is 12.1 Å². The van der Waals surface area contributed by atoms with Crippen LogP contribution in [0.25, 0.3) is 0 Å². The molecular weight excluding hydrogens is 344 g/mol. The molecule has 2 aliphatic heterocycles. The molecular formula is C20H32N4O3. The van der Waals surface area contributed by atoms with Crippen LogP contribution in [0.5, 0.6) is 5.75 Å². The van der Waals surface area contributed by atoms with Gasteiger partial charge in [-0.05, 0) is 31.4 Å². The lowest BCUT2D eigenvalue weighted by Crippen LogP contribution is -2.44. The normalized spacial score (nSPS) is 21.5. The zero-order valence-corrected chi connectivity index (χ0v) is 16.3. The van der Waals surface area contributed by atoms with Gasteiger partial charge in [0.25, 0.3) is 0 Å². The highest BCUT2D eigenvalue weighted by molar-refractivity contribution is 5.91. The zero-order chi connectivity index (χ0) is 18.9. The smallest absolute Gasteiger partial charge is 0.321 e. The number of hydrogen-bond acceptors (Lipinski definition) is 5. The van der Waals surface area contributed by atoms with E-state index in [1.165, 1.54) is 0 Å². The summed E-state index contributed by atoms with van der Waals surface area (Å²) in [7, 11) is 1.74. The molecule has 2 amide bonds. The van der Waals surface area contributed by atoms with Gasteiger partial charge >= 0.3 is 6.03 Å². The number of ether oxygens (including phenoxy) is 2. The monoisotopic (exact) mass is 376 g/mol. The number of piperazine rings is 1. The number of hydrogen-bond donors (Lipinski definition) is 2. The Hall–Kier alpha value is -1.83. The van der Waals surface area contributed by atoms with Crippen molar-refractivity contribution in [2.24, 2.45) is 0 Å². The van der Waals surface area contributed by atoms with E-state index in [0.29, 0.717) is 6.61 Å². The van der Waals surface area contributed by atoms with E-state index in [9.17, 15) is 4.79 Å². The van der Waals surface area contributed by atoms with Crippen LogP contribution in [-0.4, -0.2) is 81.5 Å². The lowest BCUT2D eigenvalue weighted by molar-refractivity contribution is 0.0908. The molecule has 0 aliphatic carbocycles. The fourth-order valence-corrected chi connectivity index (χ4v) is 3.61. The summed E-state index contributed by atoms with van der Waals surface area (Å²) in [5.74, 6) is 0.727.